The number of thiophene rings is 2. The SMILES string of the molecule is CCCNC(c1cccs1)c1csc2ccccc12. The lowest BCUT2D eigenvalue weighted by Gasteiger charge is -2.17. The van der Waals surface area contributed by atoms with E-state index in [0.717, 1.165) is 13.0 Å². The average molecular weight is 287 g/mol. The van der Waals surface area contributed by atoms with Gasteiger partial charge in [-0.15, -0.1) is 22.7 Å². The summed E-state index contributed by atoms with van der Waals surface area (Å²) in [5, 5.41) is 9.53. The molecular weight excluding hydrogens is 270 g/mol. The fourth-order valence-electron chi connectivity index (χ4n) is 2.33. The van der Waals surface area contributed by atoms with Crippen LogP contribution in [-0.2, 0) is 0 Å². The van der Waals surface area contributed by atoms with Crippen LogP contribution in [0.3, 0.4) is 0 Å². The van der Waals surface area contributed by atoms with Crippen LogP contribution in [0.2, 0.25) is 0 Å². The van der Waals surface area contributed by atoms with Crippen LogP contribution >= 0.6 is 22.7 Å². The molecule has 1 atom stereocenters. The molecule has 1 N–H and O–H groups in total. The van der Waals surface area contributed by atoms with Gasteiger partial charge in [-0.05, 0) is 46.8 Å². The molecule has 0 aliphatic heterocycles. The van der Waals surface area contributed by atoms with Crippen LogP contribution in [0.1, 0.15) is 29.8 Å². The number of hydrogen-bond acceptors (Lipinski definition) is 3. The first-order valence-corrected chi connectivity index (χ1v) is 8.39. The van der Waals surface area contributed by atoms with E-state index in [1.54, 1.807) is 0 Å². The Kier molecular flexibility index (Phi) is 3.97. The highest BCUT2D eigenvalue weighted by Gasteiger charge is 2.17. The zero-order chi connectivity index (χ0) is 13.1. The lowest BCUT2D eigenvalue weighted by molar-refractivity contribution is 0.610. The van der Waals surface area contributed by atoms with Gasteiger partial charge in [0, 0.05) is 9.58 Å². The summed E-state index contributed by atoms with van der Waals surface area (Å²) in [7, 11) is 0. The second-order valence-electron chi connectivity index (χ2n) is 4.59. The number of nitrogens with one attached hydrogen (secondary N) is 1. The van der Waals surface area contributed by atoms with E-state index < -0.39 is 0 Å². The minimum absolute atomic E-state index is 0.330. The summed E-state index contributed by atoms with van der Waals surface area (Å²) in [6.07, 6.45) is 1.16. The maximum absolute atomic E-state index is 3.68. The molecule has 0 saturated heterocycles. The lowest BCUT2D eigenvalue weighted by Crippen LogP contribution is -2.22. The Bertz CT molecular complexity index is 640. The van der Waals surface area contributed by atoms with Gasteiger partial charge in [-0.25, -0.2) is 0 Å². The van der Waals surface area contributed by atoms with Gasteiger partial charge in [-0.3, -0.25) is 0 Å². The molecule has 2 heterocycles. The molecule has 1 unspecified atom stereocenters. The summed E-state index contributed by atoms with van der Waals surface area (Å²) in [4.78, 5) is 1.40. The normalized spacial score (nSPS) is 12.9. The van der Waals surface area contributed by atoms with Crippen molar-refractivity contribution in [2.45, 2.75) is 19.4 Å². The maximum Gasteiger partial charge on any atom is 0.0685 e. The summed E-state index contributed by atoms with van der Waals surface area (Å²) in [5.41, 5.74) is 1.41. The second-order valence-corrected chi connectivity index (χ2v) is 6.48. The fraction of sp³-hybridized carbons (Fsp3) is 0.250. The van der Waals surface area contributed by atoms with E-state index in [1.807, 2.05) is 22.7 Å². The van der Waals surface area contributed by atoms with Gasteiger partial charge in [0.2, 0.25) is 0 Å². The molecule has 0 radical (unpaired) electrons. The molecule has 19 heavy (non-hydrogen) atoms. The Morgan fingerprint density at radius 1 is 1.11 bits per heavy atom. The van der Waals surface area contributed by atoms with Crippen molar-refractivity contribution in [1.82, 2.24) is 5.32 Å². The molecule has 3 rings (SSSR count). The van der Waals surface area contributed by atoms with Gasteiger partial charge >= 0.3 is 0 Å². The second kappa shape index (κ2) is 5.87. The van der Waals surface area contributed by atoms with Crippen LogP contribution in [0, 0.1) is 0 Å². The van der Waals surface area contributed by atoms with Gasteiger partial charge in [-0.2, -0.15) is 0 Å². The zero-order valence-corrected chi connectivity index (χ0v) is 12.6. The van der Waals surface area contributed by atoms with Crippen molar-refractivity contribution in [2.24, 2.45) is 0 Å². The van der Waals surface area contributed by atoms with Crippen LogP contribution in [0.15, 0.2) is 47.2 Å². The number of hydrogen-bond donors (Lipinski definition) is 1. The Morgan fingerprint density at radius 2 is 2.00 bits per heavy atom. The third kappa shape index (κ3) is 2.59. The molecule has 0 amide bonds. The van der Waals surface area contributed by atoms with Gasteiger partial charge < -0.3 is 5.32 Å². The van der Waals surface area contributed by atoms with Crippen LogP contribution < -0.4 is 5.32 Å². The van der Waals surface area contributed by atoms with Crippen LogP contribution in [-0.4, -0.2) is 6.54 Å². The van der Waals surface area contributed by atoms with Crippen molar-refractivity contribution in [1.29, 1.82) is 0 Å². The summed E-state index contributed by atoms with van der Waals surface area (Å²) in [5.74, 6) is 0. The van der Waals surface area contributed by atoms with Crippen molar-refractivity contribution in [3.05, 3.63) is 57.6 Å². The van der Waals surface area contributed by atoms with Crippen LogP contribution in [0.4, 0.5) is 0 Å². The van der Waals surface area contributed by atoms with Crippen molar-refractivity contribution in [3.8, 4) is 0 Å². The third-order valence-corrected chi connectivity index (χ3v) is 5.17. The monoisotopic (exact) mass is 287 g/mol. The minimum atomic E-state index is 0.330. The number of benzene rings is 1. The zero-order valence-electron chi connectivity index (χ0n) is 10.9. The molecule has 3 aromatic rings. The lowest BCUT2D eigenvalue weighted by atomic mass is 10.0. The van der Waals surface area contributed by atoms with E-state index in [2.05, 4.69) is 59.4 Å². The molecule has 0 aliphatic rings. The number of fused-ring (bicyclic) bond motifs is 1. The standard InChI is InChI=1S/C16H17NS2/c1-2-9-17-16(15-8-5-10-18-15)13-11-19-14-7-4-3-6-12(13)14/h3-8,10-11,16-17H,2,9H2,1H3. The summed E-state index contributed by atoms with van der Waals surface area (Å²) >= 11 is 3.67. The van der Waals surface area contributed by atoms with E-state index in [0.29, 0.717) is 6.04 Å². The smallest absolute Gasteiger partial charge is 0.0685 e. The Morgan fingerprint density at radius 3 is 2.79 bits per heavy atom. The first kappa shape index (κ1) is 12.9. The van der Waals surface area contributed by atoms with Crippen LogP contribution in [0.5, 0.6) is 0 Å². The third-order valence-electron chi connectivity index (χ3n) is 3.25. The van der Waals surface area contributed by atoms with Crippen molar-refractivity contribution in [3.63, 3.8) is 0 Å². The van der Waals surface area contributed by atoms with Gasteiger partial charge in [0.1, 0.15) is 0 Å². The van der Waals surface area contributed by atoms with E-state index in [-0.39, 0.29) is 0 Å². The highest BCUT2D eigenvalue weighted by atomic mass is 32.1. The highest BCUT2D eigenvalue weighted by molar-refractivity contribution is 7.17. The number of rotatable bonds is 5. The molecule has 2 aromatic heterocycles. The molecule has 1 aromatic carbocycles. The Hall–Kier alpha value is -1.16. The molecule has 0 bridgehead atoms. The highest BCUT2D eigenvalue weighted by Crippen LogP contribution is 2.35. The van der Waals surface area contributed by atoms with Crippen molar-refractivity contribution >= 4 is 32.8 Å². The summed E-state index contributed by atoms with van der Waals surface area (Å²) < 4.78 is 1.37. The molecule has 0 aliphatic carbocycles. The predicted molar refractivity (Wildman–Crippen MR) is 86.3 cm³/mol. The van der Waals surface area contributed by atoms with Gasteiger partial charge in [-0.1, -0.05) is 31.2 Å². The first-order chi connectivity index (χ1) is 9.40. The van der Waals surface area contributed by atoms with Gasteiger partial charge in [0.15, 0.2) is 0 Å². The Labute approximate surface area is 121 Å². The molecule has 98 valence electrons. The molecule has 0 spiro atoms. The predicted octanol–water partition coefficient (Wildman–Crippen LogP) is 5.05. The summed E-state index contributed by atoms with van der Waals surface area (Å²) in [6, 6.07) is 13.4. The Balaban J connectivity index is 2.03. The van der Waals surface area contributed by atoms with Crippen molar-refractivity contribution < 1.29 is 0 Å². The molecular formula is C16H17NS2. The fourth-order valence-corrected chi connectivity index (χ4v) is 4.13. The minimum Gasteiger partial charge on any atom is -0.306 e. The molecule has 1 nitrogen and oxygen atoms in total. The average Bonchev–Trinajstić information content (AvgIpc) is 3.09. The first-order valence-electron chi connectivity index (χ1n) is 6.63. The molecule has 0 fully saturated rings. The quantitative estimate of drug-likeness (QED) is 0.692. The van der Waals surface area contributed by atoms with Gasteiger partial charge in [0.25, 0.3) is 0 Å². The topological polar surface area (TPSA) is 12.0 Å². The largest absolute Gasteiger partial charge is 0.306 e. The molecule has 0 saturated carbocycles. The van der Waals surface area contributed by atoms with E-state index in [1.165, 1.54) is 20.5 Å². The van der Waals surface area contributed by atoms with E-state index in [9.17, 15) is 0 Å². The van der Waals surface area contributed by atoms with Crippen LogP contribution in [0.25, 0.3) is 10.1 Å². The maximum atomic E-state index is 3.68. The summed E-state index contributed by atoms with van der Waals surface area (Å²) in [6.45, 7) is 3.26. The van der Waals surface area contributed by atoms with Crippen molar-refractivity contribution in [2.75, 3.05) is 6.54 Å². The van der Waals surface area contributed by atoms with Gasteiger partial charge in [0.05, 0.1) is 6.04 Å². The van der Waals surface area contributed by atoms with E-state index in [4.69, 9.17) is 0 Å². The molecule has 3 heteroatoms. The van der Waals surface area contributed by atoms with E-state index >= 15 is 0 Å².